The minimum atomic E-state index is -4.08. The van der Waals surface area contributed by atoms with Gasteiger partial charge in [0, 0.05) is 5.02 Å². The van der Waals surface area contributed by atoms with E-state index in [4.69, 9.17) is 16.3 Å². The fourth-order valence-electron chi connectivity index (χ4n) is 3.59. The Balaban J connectivity index is 1.44. The van der Waals surface area contributed by atoms with Crippen molar-refractivity contribution >= 4 is 45.4 Å². The first-order chi connectivity index (χ1) is 18.8. The SMILES string of the molecule is Cc1c(Cl)cccc1N(CC(=O)N/N=C\c1ccc(OC(=O)c2ccccc2)cc1)S(=O)(=O)c1ccccc1. The van der Waals surface area contributed by atoms with Crippen LogP contribution in [0.5, 0.6) is 5.75 Å². The molecular weight excluding hydrogens is 538 g/mol. The third-order valence-electron chi connectivity index (χ3n) is 5.63. The minimum absolute atomic E-state index is 0.0359. The molecule has 0 aromatic heterocycles. The first-order valence-corrected chi connectivity index (χ1v) is 13.6. The van der Waals surface area contributed by atoms with E-state index in [0.29, 0.717) is 27.5 Å². The predicted molar refractivity (Wildman–Crippen MR) is 151 cm³/mol. The Morgan fingerprint density at radius 2 is 1.54 bits per heavy atom. The summed E-state index contributed by atoms with van der Waals surface area (Å²) in [5.74, 6) is -0.781. The maximum Gasteiger partial charge on any atom is 0.343 e. The van der Waals surface area contributed by atoms with Crippen LogP contribution in [-0.4, -0.2) is 33.1 Å². The molecule has 4 aromatic rings. The van der Waals surface area contributed by atoms with E-state index in [2.05, 4.69) is 10.5 Å². The Morgan fingerprint density at radius 1 is 0.897 bits per heavy atom. The van der Waals surface area contributed by atoms with Crippen LogP contribution >= 0.6 is 11.6 Å². The second kappa shape index (κ2) is 12.4. The molecule has 0 unspecified atom stereocenters. The van der Waals surface area contributed by atoms with Crippen LogP contribution in [0.3, 0.4) is 0 Å². The molecule has 0 fully saturated rings. The molecule has 0 aliphatic rings. The molecule has 0 bridgehead atoms. The zero-order valence-electron chi connectivity index (χ0n) is 20.8. The fourth-order valence-corrected chi connectivity index (χ4v) is 5.26. The monoisotopic (exact) mass is 561 g/mol. The summed E-state index contributed by atoms with van der Waals surface area (Å²) in [5.41, 5.74) is 4.22. The first kappa shape index (κ1) is 27.6. The average molecular weight is 562 g/mol. The smallest absolute Gasteiger partial charge is 0.343 e. The van der Waals surface area contributed by atoms with Crippen molar-refractivity contribution in [2.45, 2.75) is 11.8 Å². The van der Waals surface area contributed by atoms with Gasteiger partial charge in [0.25, 0.3) is 15.9 Å². The number of nitrogens with zero attached hydrogens (tertiary/aromatic N) is 2. The molecule has 10 heteroatoms. The molecule has 0 saturated heterocycles. The number of anilines is 1. The first-order valence-electron chi connectivity index (χ1n) is 11.8. The van der Waals surface area contributed by atoms with Crippen LogP contribution < -0.4 is 14.5 Å². The Morgan fingerprint density at radius 3 is 2.21 bits per heavy atom. The van der Waals surface area contributed by atoms with Crippen molar-refractivity contribution in [1.29, 1.82) is 0 Å². The summed E-state index contributed by atoms with van der Waals surface area (Å²) in [5, 5.41) is 4.31. The van der Waals surface area contributed by atoms with Gasteiger partial charge in [-0.05, 0) is 78.7 Å². The number of hydrogen-bond acceptors (Lipinski definition) is 6. The molecule has 39 heavy (non-hydrogen) atoms. The summed E-state index contributed by atoms with van der Waals surface area (Å²) in [7, 11) is -4.08. The van der Waals surface area contributed by atoms with Crippen molar-refractivity contribution in [1.82, 2.24) is 5.43 Å². The van der Waals surface area contributed by atoms with Gasteiger partial charge in [0.1, 0.15) is 12.3 Å². The third-order valence-corrected chi connectivity index (χ3v) is 7.81. The number of sulfonamides is 1. The van der Waals surface area contributed by atoms with Crippen molar-refractivity contribution in [3.05, 3.63) is 125 Å². The summed E-state index contributed by atoms with van der Waals surface area (Å²) in [6, 6.07) is 27.8. The van der Waals surface area contributed by atoms with Crippen molar-refractivity contribution in [3.8, 4) is 5.75 Å². The zero-order chi connectivity index (χ0) is 27.8. The normalized spacial score (nSPS) is 11.2. The van der Waals surface area contributed by atoms with Gasteiger partial charge in [-0.25, -0.2) is 18.6 Å². The molecule has 198 valence electrons. The lowest BCUT2D eigenvalue weighted by Crippen LogP contribution is -2.40. The summed E-state index contributed by atoms with van der Waals surface area (Å²) in [4.78, 5) is 25.0. The second-order valence-electron chi connectivity index (χ2n) is 8.33. The van der Waals surface area contributed by atoms with E-state index in [1.165, 1.54) is 18.3 Å². The number of ether oxygens (including phenoxy) is 1. The highest BCUT2D eigenvalue weighted by molar-refractivity contribution is 7.92. The Kier molecular flexibility index (Phi) is 8.75. The molecule has 1 N–H and O–H groups in total. The molecule has 0 radical (unpaired) electrons. The number of carbonyl (C=O) groups excluding carboxylic acids is 2. The van der Waals surface area contributed by atoms with Crippen LogP contribution in [0.15, 0.2) is 113 Å². The number of nitrogens with one attached hydrogen (secondary N) is 1. The van der Waals surface area contributed by atoms with Gasteiger partial charge >= 0.3 is 5.97 Å². The van der Waals surface area contributed by atoms with Gasteiger partial charge in [-0.3, -0.25) is 9.10 Å². The molecule has 0 aliphatic heterocycles. The van der Waals surface area contributed by atoms with E-state index in [0.717, 1.165) is 4.31 Å². The van der Waals surface area contributed by atoms with Crippen LogP contribution in [0.2, 0.25) is 5.02 Å². The summed E-state index contributed by atoms with van der Waals surface area (Å²) < 4.78 is 33.3. The Labute approximate surface area is 231 Å². The highest BCUT2D eigenvalue weighted by Gasteiger charge is 2.28. The van der Waals surface area contributed by atoms with Crippen molar-refractivity contribution < 1.29 is 22.7 Å². The third kappa shape index (κ3) is 6.90. The van der Waals surface area contributed by atoms with Crippen LogP contribution in [-0.2, 0) is 14.8 Å². The van der Waals surface area contributed by atoms with Crippen molar-refractivity contribution in [2.75, 3.05) is 10.8 Å². The van der Waals surface area contributed by atoms with Gasteiger partial charge in [0.05, 0.1) is 22.4 Å². The number of esters is 1. The van der Waals surface area contributed by atoms with E-state index in [1.807, 2.05) is 6.07 Å². The molecule has 8 nitrogen and oxygen atoms in total. The van der Waals surface area contributed by atoms with E-state index in [-0.39, 0.29) is 10.6 Å². The molecule has 4 aromatic carbocycles. The van der Waals surface area contributed by atoms with Gasteiger partial charge in [-0.2, -0.15) is 5.10 Å². The van der Waals surface area contributed by atoms with Gasteiger partial charge in [0.2, 0.25) is 0 Å². The predicted octanol–water partition coefficient (Wildman–Crippen LogP) is 5.21. The highest BCUT2D eigenvalue weighted by Crippen LogP contribution is 2.30. The Bertz CT molecular complexity index is 1590. The maximum absolute atomic E-state index is 13.5. The number of benzene rings is 4. The fraction of sp³-hybridized carbons (Fsp3) is 0.0690. The molecule has 1 amide bonds. The Hall–Kier alpha value is -4.47. The lowest BCUT2D eigenvalue weighted by molar-refractivity contribution is -0.119. The summed E-state index contributed by atoms with van der Waals surface area (Å²) in [6.45, 7) is 1.16. The number of hydrogen-bond donors (Lipinski definition) is 1. The van der Waals surface area contributed by atoms with E-state index in [1.54, 1.807) is 91.9 Å². The molecule has 0 aliphatic carbocycles. The van der Waals surface area contributed by atoms with Crippen molar-refractivity contribution in [3.63, 3.8) is 0 Å². The maximum atomic E-state index is 13.5. The van der Waals surface area contributed by atoms with Crippen LogP contribution in [0.1, 0.15) is 21.5 Å². The van der Waals surface area contributed by atoms with E-state index < -0.39 is 28.4 Å². The molecule has 0 heterocycles. The number of halogens is 1. The van der Waals surface area contributed by atoms with Crippen LogP contribution in [0, 0.1) is 6.92 Å². The van der Waals surface area contributed by atoms with E-state index >= 15 is 0 Å². The number of carbonyl (C=O) groups is 2. The van der Waals surface area contributed by atoms with Crippen molar-refractivity contribution in [2.24, 2.45) is 5.10 Å². The van der Waals surface area contributed by atoms with E-state index in [9.17, 15) is 18.0 Å². The topological polar surface area (TPSA) is 105 Å². The largest absolute Gasteiger partial charge is 0.423 e. The highest BCUT2D eigenvalue weighted by atomic mass is 35.5. The van der Waals surface area contributed by atoms with Gasteiger partial charge in [0.15, 0.2) is 0 Å². The lowest BCUT2D eigenvalue weighted by atomic mass is 10.2. The number of rotatable bonds is 9. The second-order valence-corrected chi connectivity index (χ2v) is 10.6. The van der Waals surface area contributed by atoms with Gasteiger partial charge in [-0.15, -0.1) is 0 Å². The van der Waals surface area contributed by atoms with Gasteiger partial charge in [-0.1, -0.05) is 54.1 Å². The summed E-state index contributed by atoms with van der Waals surface area (Å²) >= 11 is 6.24. The minimum Gasteiger partial charge on any atom is -0.423 e. The van der Waals surface area contributed by atoms with Crippen LogP contribution in [0.25, 0.3) is 0 Å². The molecule has 0 atom stereocenters. The zero-order valence-corrected chi connectivity index (χ0v) is 22.4. The van der Waals surface area contributed by atoms with Gasteiger partial charge < -0.3 is 4.74 Å². The number of amides is 1. The molecule has 0 saturated carbocycles. The van der Waals surface area contributed by atoms with Crippen LogP contribution in [0.4, 0.5) is 5.69 Å². The standard InChI is InChI=1S/C29H24ClN3O5S/c1-21-26(30)13-8-14-27(21)33(39(36,37)25-11-6-3-7-12-25)20-28(34)32-31-19-22-15-17-24(18-16-22)38-29(35)23-9-4-2-5-10-23/h2-19H,20H2,1H3,(H,32,34)/b31-19-. The number of hydrazone groups is 1. The quantitative estimate of drug-likeness (QED) is 0.131. The molecule has 0 spiro atoms. The molecule has 4 rings (SSSR count). The summed E-state index contributed by atoms with van der Waals surface area (Å²) in [6.07, 6.45) is 1.39. The molecular formula is C29H24ClN3O5S. The lowest BCUT2D eigenvalue weighted by Gasteiger charge is -2.25. The average Bonchev–Trinajstić information content (AvgIpc) is 2.95.